The summed E-state index contributed by atoms with van der Waals surface area (Å²) in [5.41, 5.74) is 2.50. The van der Waals surface area contributed by atoms with E-state index < -0.39 is 0 Å². The Bertz CT molecular complexity index is 676. The maximum Gasteiger partial charge on any atom is 0.170 e. The largest absolute Gasteiger partial charge is 0.385 e. The molecule has 0 saturated carbocycles. The van der Waals surface area contributed by atoms with Gasteiger partial charge in [-0.15, -0.1) is 0 Å². The van der Waals surface area contributed by atoms with Gasteiger partial charge in [-0.2, -0.15) is 0 Å². The van der Waals surface area contributed by atoms with Gasteiger partial charge in [0, 0.05) is 61.6 Å². The van der Waals surface area contributed by atoms with Crippen molar-refractivity contribution in [3.05, 3.63) is 49.1 Å². The molecule has 4 nitrogen and oxygen atoms in total. The monoisotopic (exact) mass is 496 g/mol. The summed E-state index contributed by atoms with van der Waals surface area (Å²) in [5, 5.41) is 7.13. The molecule has 4 heteroatoms. The summed E-state index contributed by atoms with van der Waals surface area (Å²) in [6.07, 6.45) is 30.2. The molecular formula is C32H56N4+2. The second-order valence-electron chi connectivity index (χ2n) is 10.5. The molecule has 0 radical (unpaired) electrons. The van der Waals surface area contributed by atoms with Gasteiger partial charge in [0.2, 0.25) is 0 Å². The molecule has 0 atom stereocenters. The van der Waals surface area contributed by atoms with Gasteiger partial charge in [0.15, 0.2) is 24.8 Å². The topological polar surface area (TPSA) is 31.8 Å². The van der Waals surface area contributed by atoms with Gasteiger partial charge in [0.05, 0.1) is 0 Å². The Balaban J connectivity index is 1.46. The van der Waals surface area contributed by atoms with Crippen molar-refractivity contribution in [1.82, 2.24) is 0 Å². The van der Waals surface area contributed by atoms with Crippen LogP contribution in [0.1, 0.15) is 117 Å². The van der Waals surface area contributed by atoms with Crippen molar-refractivity contribution in [1.29, 1.82) is 0 Å². The lowest BCUT2D eigenvalue weighted by atomic mass is 10.1. The molecule has 0 aromatic carbocycles. The Hall–Kier alpha value is -2.10. The van der Waals surface area contributed by atoms with Gasteiger partial charge < -0.3 is 10.6 Å². The highest BCUT2D eigenvalue weighted by molar-refractivity contribution is 5.40. The van der Waals surface area contributed by atoms with Crippen LogP contribution in [0.4, 0.5) is 11.4 Å². The van der Waals surface area contributed by atoms with Crippen molar-refractivity contribution in [2.24, 2.45) is 0 Å². The van der Waals surface area contributed by atoms with Crippen molar-refractivity contribution in [3.63, 3.8) is 0 Å². The van der Waals surface area contributed by atoms with E-state index in [4.69, 9.17) is 0 Å². The fraction of sp³-hybridized carbons (Fsp3) is 0.688. The summed E-state index contributed by atoms with van der Waals surface area (Å²) in [4.78, 5) is 0. The minimum absolute atomic E-state index is 1.09. The molecule has 2 heterocycles. The third kappa shape index (κ3) is 15.1. The highest BCUT2D eigenvalue weighted by Gasteiger charge is 2.04. The van der Waals surface area contributed by atoms with Crippen LogP contribution in [-0.4, -0.2) is 13.1 Å². The van der Waals surface area contributed by atoms with Gasteiger partial charge in [0.25, 0.3) is 0 Å². The van der Waals surface area contributed by atoms with Crippen molar-refractivity contribution in [2.45, 2.75) is 130 Å². The number of nitrogens with one attached hydrogen (secondary N) is 2. The minimum Gasteiger partial charge on any atom is -0.385 e. The van der Waals surface area contributed by atoms with Crippen molar-refractivity contribution < 1.29 is 9.13 Å². The molecule has 0 unspecified atom stereocenters. The molecule has 0 fully saturated rings. The second kappa shape index (κ2) is 21.0. The Morgan fingerprint density at radius 2 is 0.778 bits per heavy atom. The molecule has 0 aliphatic rings. The maximum atomic E-state index is 3.57. The van der Waals surface area contributed by atoms with Gasteiger partial charge in [-0.05, 0) is 25.7 Å². The molecule has 2 rings (SSSR count). The van der Waals surface area contributed by atoms with Crippen LogP contribution in [0.15, 0.2) is 49.1 Å². The SMILES string of the molecule is CCCCCCCCNc1cc[n+](CCCCCC[n+]2ccc(NCCCCCCCC)cc2)cc1. The zero-order chi connectivity index (χ0) is 25.5. The molecular weight excluding hydrogens is 440 g/mol. The normalized spacial score (nSPS) is 11.1. The zero-order valence-electron chi connectivity index (χ0n) is 23.7. The number of hydrogen-bond acceptors (Lipinski definition) is 2. The number of nitrogens with zero attached hydrogens (tertiary/aromatic N) is 2. The minimum atomic E-state index is 1.09. The van der Waals surface area contributed by atoms with E-state index in [1.807, 2.05) is 0 Å². The number of rotatable bonds is 23. The standard InChI is InChI=1S/C32H54N4/c1-3-5-7-9-11-15-23-33-31-19-27-35(28-20-31)25-17-13-14-18-26-36-29-21-32(22-30-36)34-24-16-12-10-8-6-4-2/h19-22,27-30H,3-18,23-26H2,1-2H3/p+2. The first-order valence-corrected chi connectivity index (χ1v) is 15.3. The Morgan fingerprint density at radius 3 is 1.17 bits per heavy atom. The van der Waals surface area contributed by atoms with Gasteiger partial charge in [-0.1, -0.05) is 78.1 Å². The molecule has 36 heavy (non-hydrogen) atoms. The quantitative estimate of drug-likeness (QED) is 0.120. The van der Waals surface area contributed by atoms with E-state index in [1.165, 1.54) is 114 Å². The van der Waals surface area contributed by atoms with Gasteiger partial charge in [-0.25, -0.2) is 9.13 Å². The molecule has 2 aromatic rings. The van der Waals surface area contributed by atoms with E-state index in [0.717, 1.165) is 26.2 Å². The maximum absolute atomic E-state index is 3.57. The summed E-state index contributed by atoms with van der Waals surface area (Å²) in [6, 6.07) is 8.89. The molecule has 0 aliphatic heterocycles. The predicted octanol–water partition coefficient (Wildman–Crippen LogP) is 8.07. The summed E-state index contributed by atoms with van der Waals surface area (Å²) in [5.74, 6) is 0. The molecule has 0 spiro atoms. The fourth-order valence-electron chi connectivity index (χ4n) is 4.67. The van der Waals surface area contributed by atoms with E-state index >= 15 is 0 Å². The third-order valence-corrected chi connectivity index (χ3v) is 7.08. The summed E-state index contributed by atoms with van der Waals surface area (Å²) in [6.45, 7) is 8.96. The Kier molecular flexibility index (Phi) is 17.6. The molecule has 0 bridgehead atoms. The smallest absolute Gasteiger partial charge is 0.170 e. The average Bonchev–Trinajstić information content (AvgIpc) is 2.91. The van der Waals surface area contributed by atoms with Crippen LogP contribution in [0.2, 0.25) is 0 Å². The molecule has 202 valence electrons. The lowest BCUT2D eigenvalue weighted by Gasteiger charge is -2.06. The van der Waals surface area contributed by atoms with E-state index in [2.05, 4.69) is 82.7 Å². The van der Waals surface area contributed by atoms with Crippen LogP contribution >= 0.6 is 0 Å². The number of aryl methyl sites for hydroxylation is 2. The zero-order valence-corrected chi connectivity index (χ0v) is 23.7. The highest BCUT2D eigenvalue weighted by atomic mass is 14.9. The van der Waals surface area contributed by atoms with E-state index in [1.54, 1.807) is 0 Å². The van der Waals surface area contributed by atoms with Crippen molar-refractivity contribution >= 4 is 11.4 Å². The van der Waals surface area contributed by atoms with Crippen molar-refractivity contribution in [3.8, 4) is 0 Å². The van der Waals surface area contributed by atoms with Gasteiger partial charge >= 0.3 is 0 Å². The summed E-state index contributed by atoms with van der Waals surface area (Å²) >= 11 is 0. The lowest BCUT2D eigenvalue weighted by Crippen LogP contribution is -2.33. The first-order chi connectivity index (χ1) is 17.8. The Morgan fingerprint density at radius 1 is 0.444 bits per heavy atom. The van der Waals surface area contributed by atoms with E-state index in [-0.39, 0.29) is 0 Å². The van der Waals surface area contributed by atoms with Crippen LogP contribution in [0.3, 0.4) is 0 Å². The van der Waals surface area contributed by atoms with Crippen LogP contribution in [-0.2, 0) is 13.1 Å². The third-order valence-electron chi connectivity index (χ3n) is 7.08. The van der Waals surface area contributed by atoms with Crippen LogP contribution in [0.25, 0.3) is 0 Å². The average molecular weight is 497 g/mol. The lowest BCUT2D eigenvalue weighted by molar-refractivity contribution is -0.698. The fourth-order valence-corrected chi connectivity index (χ4v) is 4.67. The summed E-state index contributed by atoms with van der Waals surface area (Å²) in [7, 11) is 0. The summed E-state index contributed by atoms with van der Waals surface area (Å²) < 4.78 is 4.64. The van der Waals surface area contributed by atoms with Crippen LogP contribution < -0.4 is 19.8 Å². The van der Waals surface area contributed by atoms with Crippen molar-refractivity contribution in [2.75, 3.05) is 23.7 Å². The molecule has 2 N–H and O–H groups in total. The first-order valence-electron chi connectivity index (χ1n) is 15.3. The number of aromatic nitrogens is 2. The molecule has 0 amide bonds. The number of pyridine rings is 2. The second-order valence-corrected chi connectivity index (χ2v) is 10.5. The number of unbranched alkanes of at least 4 members (excludes halogenated alkanes) is 13. The number of anilines is 2. The van der Waals surface area contributed by atoms with Crippen LogP contribution in [0.5, 0.6) is 0 Å². The molecule has 0 saturated heterocycles. The van der Waals surface area contributed by atoms with E-state index in [0.29, 0.717) is 0 Å². The Labute approximate surface area is 222 Å². The highest BCUT2D eigenvalue weighted by Crippen LogP contribution is 2.09. The molecule has 2 aromatic heterocycles. The first kappa shape index (κ1) is 30.1. The van der Waals surface area contributed by atoms with Gasteiger partial charge in [0.1, 0.15) is 13.1 Å². The van der Waals surface area contributed by atoms with Crippen LogP contribution in [0, 0.1) is 0 Å². The molecule has 0 aliphatic carbocycles. The van der Waals surface area contributed by atoms with E-state index in [9.17, 15) is 0 Å². The van der Waals surface area contributed by atoms with Gasteiger partial charge in [-0.3, -0.25) is 0 Å². The predicted molar refractivity (Wildman–Crippen MR) is 155 cm³/mol. The number of hydrogen-bond donors (Lipinski definition) is 2.